The Morgan fingerprint density at radius 2 is 2.07 bits per heavy atom. The summed E-state index contributed by atoms with van der Waals surface area (Å²) in [4.78, 5) is 0. The van der Waals surface area contributed by atoms with Crippen LogP contribution in [0.1, 0.15) is 11.1 Å². The number of hydrogen-bond donors (Lipinski definition) is 1. The third-order valence-electron chi connectivity index (χ3n) is 2.47. The fourth-order valence-electron chi connectivity index (χ4n) is 1.50. The summed E-state index contributed by atoms with van der Waals surface area (Å²) in [5, 5.41) is 3.92. The third kappa shape index (κ3) is 1.77. The number of halogens is 1. The maximum absolute atomic E-state index is 5.51. The van der Waals surface area contributed by atoms with Crippen molar-refractivity contribution in [3.8, 4) is 11.3 Å². The first-order chi connectivity index (χ1) is 7.09. The molecule has 2 N–H and O–H groups in total. The second-order valence-electron chi connectivity index (χ2n) is 3.48. The van der Waals surface area contributed by atoms with Crippen LogP contribution in [0.4, 0.5) is 5.88 Å². The number of anilines is 1. The molecule has 1 aromatic heterocycles. The lowest BCUT2D eigenvalue weighted by molar-refractivity contribution is 0.439. The van der Waals surface area contributed by atoms with Crippen LogP contribution in [0.15, 0.2) is 27.2 Å². The van der Waals surface area contributed by atoms with Gasteiger partial charge < -0.3 is 10.3 Å². The Bertz CT molecular complexity index is 505. The Hall–Kier alpha value is -1.29. The summed E-state index contributed by atoms with van der Waals surface area (Å²) in [5.41, 5.74) is 9.71. The fraction of sp³-hybridized carbons (Fsp3) is 0.182. The van der Waals surface area contributed by atoms with E-state index in [4.69, 9.17) is 10.3 Å². The highest BCUT2D eigenvalue weighted by Crippen LogP contribution is 2.32. The van der Waals surface area contributed by atoms with E-state index < -0.39 is 0 Å². The average molecular weight is 267 g/mol. The van der Waals surface area contributed by atoms with Crippen molar-refractivity contribution in [2.75, 3.05) is 5.73 Å². The molecule has 0 saturated carbocycles. The first-order valence-electron chi connectivity index (χ1n) is 4.58. The Kier molecular flexibility index (Phi) is 2.52. The minimum Gasteiger partial charge on any atom is -0.368 e. The molecule has 0 unspecified atom stereocenters. The van der Waals surface area contributed by atoms with Gasteiger partial charge in [-0.1, -0.05) is 27.2 Å². The van der Waals surface area contributed by atoms with E-state index in [-0.39, 0.29) is 0 Å². The maximum atomic E-state index is 5.51. The second kappa shape index (κ2) is 3.70. The van der Waals surface area contributed by atoms with Gasteiger partial charge in [-0.25, -0.2) is 0 Å². The van der Waals surface area contributed by atoms with Crippen LogP contribution in [-0.4, -0.2) is 5.16 Å². The Morgan fingerprint density at radius 1 is 1.33 bits per heavy atom. The Balaban J connectivity index is 2.66. The van der Waals surface area contributed by atoms with Crippen molar-refractivity contribution in [3.63, 3.8) is 0 Å². The first kappa shape index (κ1) is 10.2. The Morgan fingerprint density at radius 3 is 2.67 bits per heavy atom. The summed E-state index contributed by atoms with van der Waals surface area (Å²) in [6.45, 7) is 4.12. The summed E-state index contributed by atoms with van der Waals surface area (Å²) in [5.74, 6) is 0.331. The molecule has 1 heterocycles. The lowest BCUT2D eigenvalue weighted by Gasteiger charge is -2.07. The normalized spacial score (nSPS) is 10.6. The maximum Gasteiger partial charge on any atom is 0.222 e. The fourth-order valence-corrected chi connectivity index (χ4v) is 2.14. The third-order valence-corrected chi connectivity index (χ3v) is 3.13. The Labute approximate surface area is 96.4 Å². The van der Waals surface area contributed by atoms with Crippen molar-refractivity contribution in [2.45, 2.75) is 13.8 Å². The molecule has 0 aliphatic rings. The molecule has 0 fully saturated rings. The molecule has 0 radical (unpaired) electrons. The van der Waals surface area contributed by atoms with Crippen LogP contribution in [0.2, 0.25) is 0 Å². The van der Waals surface area contributed by atoms with Crippen LogP contribution >= 0.6 is 15.9 Å². The molecule has 1 aromatic carbocycles. The molecule has 78 valence electrons. The van der Waals surface area contributed by atoms with Gasteiger partial charge >= 0.3 is 0 Å². The van der Waals surface area contributed by atoms with E-state index in [2.05, 4.69) is 41.0 Å². The summed E-state index contributed by atoms with van der Waals surface area (Å²) in [6.07, 6.45) is 0. The zero-order valence-electron chi connectivity index (χ0n) is 8.54. The molecule has 2 aromatic rings. The molecule has 0 aliphatic heterocycles. The predicted molar refractivity (Wildman–Crippen MR) is 63.5 cm³/mol. The lowest BCUT2D eigenvalue weighted by Crippen LogP contribution is -1.89. The average Bonchev–Trinajstić information content (AvgIpc) is 2.59. The summed E-state index contributed by atoms with van der Waals surface area (Å²) < 4.78 is 5.87. The first-order valence-corrected chi connectivity index (χ1v) is 5.37. The van der Waals surface area contributed by atoms with Crippen molar-refractivity contribution in [1.82, 2.24) is 5.16 Å². The van der Waals surface area contributed by atoms with Crippen molar-refractivity contribution in [3.05, 3.63) is 33.8 Å². The van der Waals surface area contributed by atoms with E-state index in [0.29, 0.717) is 5.88 Å². The van der Waals surface area contributed by atoms with Crippen molar-refractivity contribution in [2.24, 2.45) is 0 Å². The van der Waals surface area contributed by atoms with Crippen LogP contribution in [0.25, 0.3) is 11.3 Å². The molecule has 0 saturated heterocycles. The van der Waals surface area contributed by atoms with E-state index in [1.807, 2.05) is 6.07 Å². The number of nitrogen functional groups attached to an aromatic ring is 1. The highest BCUT2D eigenvalue weighted by molar-refractivity contribution is 9.10. The smallest absolute Gasteiger partial charge is 0.222 e. The zero-order chi connectivity index (χ0) is 11.0. The van der Waals surface area contributed by atoms with Crippen LogP contribution in [-0.2, 0) is 0 Å². The SMILES string of the molecule is Cc1ccc(Br)c(-c2cc(N)on2)c1C. The minimum atomic E-state index is 0.331. The summed E-state index contributed by atoms with van der Waals surface area (Å²) in [7, 11) is 0. The number of aromatic nitrogens is 1. The van der Waals surface area contributed by atoms with Gasteiger partial charge in [0.2, 0.25) is 5.88 Å². The quantitative estimate of drug-likeness (QED) is 0.862. The molecule has 0 amide bonds. The molecule has 2 rings (SSSR count). The molecular weight excluding hydrogens is 256 g/mol. The van der Waals surface area contributed by atoms with Crippen LogP contribution in [0.5, 0.6) is 0 Å². The molecule has 15 heavy (non-hydrogen) atoms. The van der Waals surface area contributed by atoms with Gasteiger partial charge in [0.15, 0.2) is 0 Å². The summed E-state index contributed by atoms with van der Waals surface area (Å²) in [6, 6.07) is 5.79. The van der Waals surface area contributed by atoms with Crippen LogP contribution in [0, 0.1) is 13.8 Å². The second-order valence-corrected chi connectivity index (χ2v) is 4.33. The number of nitrogens with zero attached hydrogens (tertiary/aromatic N) is 1. The summed E-state index contributed by atoms with van der Waals surface area (Å²) >= 11 is 3.50. The van der Waals surface area contributed by atoms with Gasteiger partial charge in [0.25, 0.3) is 0 Å². The van der Waals surface area contributed by atoms with Gasteiger partial charge in [-0.05, 0) is 31.0 Å². The topological polar surface area (TPSA) is 52.0 Å². The van der Waals surface area contributed by atoms with Crippen LogP contribution < -0.4 is 5.73 Å². The molecule has 4 heteroatoms. The monoisotopic (exact) mass is 266 g/mol. The van der Waals surface area contributed by atoms with Crippen molar-refractivity contribution < 1.29 is 4.52 Å². The number of hydrogen-bond acceptors (Lipinski definition) is 3. The number of rotatable bonds is 1. The highest BCUT2D eigenvalue weighted by atomic mass is 79.9. The minimum absolute atomic E-state index is 0.331. The van der Waals surface area contributed by atoms with E-state index in [1.165, 1.54) is 11.1 Å². The standard InChI is InChI=1S/C11H11BrN2O/c1-6-3-4-8(12)11(7(6)2)9-5-10(13)15-14-9/h3-5H,13H2,1-2H3. The van der Waals surface area contributed by atoms with Gasteiger partial charge in [-0.15, -0.1) is 0 Å². The molecule has 0 spiro atoms. The highest BCUT2D eigenvalue weighted by Gasteiger charge is 2.12. The van der Waals surface area contributed by atoms with Gasteiger partial charge in [-0.2, -0.15) is 0 Å². The van der Waals surface area contributed by atoms with Gasteiger partial charge in [0, 0.05) is 16.1 Å². The van der Waals surface area contributed by atoms with E-state index in [9.17, 15) is 0 Å². The van der Waals surface area contributed by atoms with E-state index >= 15 is 0 Å². The molecule has 0 atom stereocenters. The lowest BCUT2D eigenvalue weighted by atomic mass is 10.0. The van der Waals surface area contributed by atoms with E-state index in [0.717, 1.165) is 15.7 Å². The van der Waals surface area contributed by atoms with Gasteiger partial charge in [-0.3, -0.25) is 0 Å². The largest absolute Gasteiger partial charge is 0.368 e. The number of aryl methyl sites for hydroxylation is 1. The van der Waals surface area contributed by atoms with Gasteiger partial charge in [0.1, 0.15) is 5.69 Å². The van der Waals surface area contributed by atoms with Crippen molar-refractivity contribution in [1.29, 1.82) is 0 Å². The van der Waals surface area contributed by atoms with Crippen molar-refractivity contribution >= 4 is 21.8 Å². The molecular formula is C11H11BrN2O. The van der Waals surface area contributed by atoms with Gasteiger partial charge in [0.05, 0.1) is 0 Å². The number of nitrogens with two attached hydrogens (primary N) is 1. The number of benzene rings is 1. The molecule has 0 aliphatic carbocycles. The zero-order valence-corrected chi connectivity index (χ0v) is 10.1. The molecule has 0 bridgehead atoms. The predicted octanol–water partition coefficient (Wildman–Crippen LogP) is 3.30. The molecule has 3 nitrogen and oxygen atoms in total. The van der Waals surface area contributed by atoms with E-state index in [1.54, 1.807) is 6.07 Å². The van der Waals surface area contributed by atoms with Crippen LogP contribution in [0.3, 0.4) is 0 Å².